The van der Waals surface area contributed by atoms with Gasteiger partial charge in [0.15, 0.2) is 0 Å². The highest BCUT2D eigenvalue weighted by Gasteiger charge is 2.29. The van der Waals surface area contributed by atoms with Crippen molar-refractivity contribution in [1.29, 1.82) is 0 Å². The van der Waals surface area contributed by atoms with E-state index < -0.39 is 5.91 Å². The first-order valence-corrected chi connectivity index (χ1v) is 10.4. The van der Waals surface area contributed by atoms with Crippen LogP contribution in [-0.2, 0) is 16.0 Å². The van der Waals surface area contributed by atoms with Crippen molar-refractivity contribution in [2.75, 3.05) is 20.2 Å². The van der Waals surface area contributed by atoms with Crippen molar-refractivity contribution < 1.29 is 19.5 Å². The minimum absolute atomic E-state index is 0.0346. The second-order valence-corrected chi connectivity index (χ2v) is 7.73. The molecule has 1 atom stereocenters. The molecule has 0 aromatic heterocycles. The Morgan fingerprint density at radius 2 is 1.93 bits per heavy atom. The van der Waals surface area contributed by atoms with Gasteiger partial charge in [-0.25, -0.2) is 5.48 Å². The van der Waals surface area contributed by atoms with Crippen LogP contribution in [0, 0.1) is 11.8 Å². The number of carbonyl (C=O) groups excluding carboxylic acids is 2. The van der Waals surface area contributed by atoms with Gasteiger partial charge in [-0.2, -0.15) is 0 Å². The van der Waals surface area contributed by atoms with Crippen LogP contribution in [0.5, 0.6) is 5.75 Å². The Morgan fingerprint density at radius 3 is 2.50 bits per heavy atom. The van der Waals surface area contributed by atoms with Gasteiger partial charge in [-0.15, -0.1) is 0 Å². The lowest BCUT2D eigenvalue weighted by molar-refractivity contribution is -0.141. The van der Waals surface area contributed by atoms with Crippen LogP contribution in [0.1, 0.15) is 57.4 Å². The molecule has 2 N–H and O–H groups in total. The zero-order valence-electron chi connectivity index (χ0n) is 17.2. The van der Waals surface area contributed by atoms with Crippen LogP contribution in [0.3, 0.4) is 0 Å². The number of carbonyl (C=O) groups is 2. The average molecular weight is 391 g/mol. The lowest BCUT2D eigenvalue weighted by Gasteiger charge is -2.34. The summed E-state index contributed by atoms with van der Waals surface area (Å²) in [4.78, 5) is 26.6. The molecule has 6 nitrogen and oxygen atoms in total. The van der Waals surface area contributed by atoms with Crippen molar-refractivity contribution in [2.24, 2.45) is 11.8 Å². The standard InChI is InChI=1S/C22H34N2O4/c1-3-5-17-12-14-24(15-13-17)22(26)19(16-21(25)23-27)7-4-6-18-8-10-20(28-2)11-9-18/h8-11,17,19,27H,3-7,12-16H2,1-2H3,(H,23,25)/t19-/m1/s1. The lowest BCUT2D eigenvalue weighted by Crippen LogP contribution is -2.43. The number of piperidine rings is 1. The van der Waals surface area contributed by atoms with E-state index in [2.05, 4.69) is 6.92 Å². The van der Waals surface area contributed by atoms with Gasteiger partial charge in [0.2, 0.25) is 11.8 Å². The number of rotatable bonds is 10. The number of aryl methyl sites for hydroxylation is 1. The van der Waals surface area contributed by atoms with Crippen molar-refractivity contribution in [3.05, 3.63) is 29.8 Å². The van der Waals surface area contributed by atoms with Gasteiger partial charge < -0.3 is 9.64 Å². The zero-order chi connectivity index (χ0) is 20.4. The number of amides is 2. The van der Waals surface area contributed by atoms with Crippen LogP contribution >= 0.6 is 0 Å². The molecule has 0 saturated carbocycles. The first-order valence-electron chi connectivity index (χ1n) is 10.4. The molecule has 6 heteroatoms. The van der Waals surface area contributed by atoms with Gasteiger partial charge in [-0.3, -0.25) is 14.8 Å². The van der Waals surface area contributed by atoms with Crippen molar-refractivity contribution in [2.45, 2.75) is 58.3 Å². The second kappa shape index (κ2) is 11.7. The quantitative estimate of drug-likeness (QED) is 0.473. The molecule has 0 unspecified atom stereocenters. The molecular weight excluding hydrogens is 356 g/mol. The molecule has 0 spiro atoms. The highest BCUT2D eigenvalue weighted by molar-refractivity contribution is 5.85. The first kappa shape index (κ1) is 22.2. The summed E-state index contributed by atoms with van der Waals surface area (Å²) in [6.07, 6.45) is 6.82. The Labute approximate surface area is 168 Å². The van der Waals surface area contributed by atoms with E-state index in [4.69, 9.17) is 9.94 Å². The second-order valence-electron chi connectivity index (χ2n) is 7.73. The van der Waals surface area contributed by atoms with E-state index >= 15 is 0 Å². The summed E-state index contributed by atoms with van der Waals surface area (Å²) >= 11 is 0. The summed E-state index contributed by atoms with van der Waals surface area (Å²) in [7, 11) is 1.64. The molecule has 1 heterocycles. The molecule has 1 aromatic rings. The summed E-state index contributed by atoms with van der Waals surface area (Å²) in [5.74, 6) is 0.705. The van der Waals surface area contributed by atoms with Gasteiger partial charge in [0.25, 0.3) is 0 Å². The first-order chi connectivity index (χ1) is 13.6. The highest BCUT2D eigenvalue weighted by Crippen LogP contribution is 2.25. The van der Waals surface area contributed by atoms with E-state index in [-0.39, 0.29) is 18.2 Å². The summed E-state index contributed by atoms with van der Waals surface area (Å²) in [5.41, 5.74) is 2.85. The van der Waals surface area contributed by atoms with E-state index in [0.717, 1.165) is 44.5 Å². The molecule has 1 aromatic carbocycles. The van der Waals surface area contributed by atoms with Gasteiger partial charge in [0, 0.05) is 25.4 Å². The highest BCUT2D eigenvalue weighted by atomic mass is 16.5. The van der Waals surface area contributed by atoms with Crippen LogP contribution in [0.25, 0.3) is 0 Å². The monoisotopic (exact) mass is 390 g/mol. The average Bonchev–Trinajstić information content (AvgIpc) is 2.73. The number of hydrogen-bond donors (Lipinski definition) is 2. The normalized spacial score (nSPS) is 15.9. The summed E-state index contributed by atoms with van der Waals surface area (Å²) in [6, 6.07) is 7.90. The van der Waals surface area contributed by atoms with Gasteiger partial charge in [0.1, 0.15) is 5.75 Å². The van der Waals surface area contributed by atoms with Crippen LogP contribution in [0.2, 0.25) is 0 Å². The van der Waals surface area contributed by atoms with Crippen LogP contribution in [0.15, 0.2) is 24.3 Å². The van der Waals surface area contributed by atoms with Gasteiger partial charge in [-0.1, -0.05) is 31.9 Å². The van der Waals surface area contributed by atoms with Gasteiger partial charge in [-0.05, 0) is 55.7 Å². The van der Waals surface area contributed by atoms with Crippen molar-refractivity contribution in [3.63, 3.8) is 0 Å². The predicted octanol–water partition coefficient (Wildman–Crippen LogP) is 3.57. The summed E-state index contributed by atoms with van der Waals surface area (Å²) in [5, 5.41) is 8.89. The number of methoxy groups -OCH3 is 1. The molecule has 0 aliphatic carbocycles. The molecule has 0 radical (unpaired) electrons. The SMILES string of the molecule is CCCC1CCN(C(=O)[C@H](CCCc2ccc(OC)cc2)CC(=O)NO)CC1. The summed E-state index contributed by atoms with van der Waals surface area (Å²) < 4.78 is 5.17. The number of hydrogen-bond acceptors (Lipinski definition) is 4. The Kier molecular flexibility index (Phi) is 9.28. The largest absolute Gasteiger partial charge is 0.497 e. The number of hydroxylamine groups is 1. The van der Waals surface area contributed by atoms with Crippen LogP contribution in [0.4, 0.5) is 0 Å². The lowest BCUT2D eigenvalue weighted by atomic mass is 9.90. The fourth-order valence-electron chi connectivity index (χ4n) is 4.04. The number of benzene rings is 1. The molecule has 156 valence electrons. The molecule has 2 amide bonds. The molecule has 2 rings (SSSR count). The smallest absolute Gasteiger partial charge is 0.244 e. The minimum Gasteiger partial charge on any atom is -0.497 e. The fraction of sp³-hybridized carbons (Fsp3) is 0.636. The van der Waals surface area contributed by atoms with Crippen molar-refractivity contribution in [3.8, 4) is 5.75 Å². The van der Waals surface area contributed by atoms with E-state index in [9.17, 15) is 9.59 Å². The Balaban J connectivity index is 1.89. The van der Waals surface area contributed by atoms with E-state index in [1.165, 1.54) is 18.4 Å². The van der Waals surface area contributed by atoms with Gasteiger partial charge in [0.05, 0.1) is 7.11 Å². The minimum atomic E-state index is -0.497. The molecule has 1 aliphatic rings. The maximum Gasteiger partial charge on any atom is 0.244 e. The fourth-order valence-corrected chi connectivity index (χ4v) is 4.04. The van der Waals surface area contributed by atoms with Crippen molar-refractivity contribution >= 4 is 11.8 Å². The summed E-state index contributed by atoms with van der Waals surface area (Å²) in [6.45, 7) is 3.75. The predicted molar refractivity (Wildman–Crippen MR) is 108 cm³/mol. The molecule has 1 fully saturated rings. The van der Waals surface area contributed by atoms with E-state index in [1.807, 2.05) is 29.2 Å². The Bertz CT molecular complexity index is 609. The number of ether oxygens (including phenoxy) is 1. The number of likely N-dealkylation sites (tertiary alicyclic amines) is 1. The molecular formula is C22H34N2O4. The maximum absolute atomic E-state index is 13.0. The van der Waals surface area contributed by atoms with E-state index in [1.54, 1.807) is 12.6 Å². The number of nitrogens with one attached hydrogen (secondary N) is 1. The molecule has 28 heavy (non-hydrogen) atoms. The third kappa shape index (κ3) is 6.82. The van der Waals surface area contributed by atoms with Crippen LogP contribution < -0.4 is 10.2 Å². The van der Waals surface area contributed by atoms with Crippen LogP contribution in [-0.4, -0.2) is 42.1 Å². The Hall–Kier alpha value is -2.08. The topological polar surface area (TPSA) is 78.9 Å². The molecule has 0 bridgehead atoms. The van der Waals surface area contributed by atoms with Gasteiger partial charge >= 0.3 is 0 Å². The molecule has 1 aliphatic heterocycles. The maximum atomic E-state index is 13.0. The number of nitrogens with zero attached hydrogens (tertiary/aromatic N) is 1. The van der Waals surface area contributed by atoms with Crippen molar-refractivity contribution in [1.82, 2.24) is 10.4 Å². The molecule has 1 saturated heterocycles. The third-order valence-corrected chi connectivity index (χ3v) is 5.71. The zero-order valence-corrected chi connectivity index (χ0v) is 17.2. The Morgan fingerprint density at radius 1 is 1.25 bits per heavy atom. The third-order valence-electron chi connectivity index (χ3n) is 5.71. The van der Waals surface area contributed by atoms with E-state index in [0.29, 0.717) is 12.3 Å².